The third-order valence-electron chi connectivity index (χ3n) is 4.04. The maximum atomic E-state index is 12.2. The van der Waals surface area contributed by atoms with Gasteiger partial charge in [-0.05, 0) is 38.0 Å². The molecule has 2 aromatic rings. The van der Waals surface area contributed by atoms with Crippen LogP contribution in [-0.4, -0.2) is 55.8 Å². The van der Waals surface area contributed by atoms with E-state index in [0.29, 0.717) is 11.4 Å². The molecule has 1 aromatic heterocycles. The Morgan fingerprint density at radius 1 is 1.12 bits per heavy atom. The van der Waals surface area contributed by atoms with Crippen molar-refractivity contribution in [2.75, 3.05) is 34.2 Å². The number of thiophene rings is 1. The molecule has 0 saturated carbocycles. The first-order valence-electron chi connectivity index (χ1n) is 8.17. The highest BCUT2D eigenvalue weighted by Crippen LogP contribution is 2.18. The van der Waals surface area contributed by atoms with Crippen LogP contribution in [-0.2, 0) is 4.79 Å². The number of hydrogen-bond acceptors (Lipinski definition) is 4. The Labute approximate surface area is 153 Å². The van der Waals surface area contributed by atoms with Crippen LogP contribution in [0.1, 0.15) is 26.8 Å². The minimum atomic E-state index is -0.161. The van der Waals surface area contributed by atoms with Crippen molar-refractivity contribution in [3.63, 3.8) is 0 Å². The molecule has 0 spiro atoms. The van der Waals surface area contributed by atoms with Gasteiger partial charge in [0.2, 0.25) is 5.91 Å². The first-order valence-corrected chi connectivity index (χ1v) is 9.05. The lowest BCUT2D eigenvalue weighted by Gasteiger charge is -2.26. The van der Waals surface area contributed by atoms with E-state index >= 15 is 0 Å². The lowest BCUT2D eigenvalue weighted by atomic mass is 10.0. The number of rotatable bonds is 7. The molecule has 134 valence electrons. The van der Waals surface area contributed by atoms with Gasteiger partial charge in [-0.3, -0.25) is 9.59 Å². The molecule has 1 N–H and O–H groups in total. The lowest BCUT2D eigenvalue weighted by Crippen LogP contribution is -2.41. The van der Waals surface area contributed by atoms with E-state index in [4.69, 9.17) is 0 Å². The number of nitrogens with zero attached hydrogens (tertiary/aromatic N) is 2. The zero-order valence-corrected chi connectivity index (χ0v) is 16.0. The number of amides is 2. The monoisotopic (exact) mass is 359 g/mol. The average Bonchev–Trinajstić information content (AvgIpc) is 3.10. The van der Waals surface area contributed by atoms with Crippen LogP contribution in [0.2, 0.25) is 0 Å². The summed E-state index contributed by atoms with van der Waals surface area (Å²) in [6, 6.07) is 12.0. The molecule has 0 bridgehead atoms. The number of carbonyl (C=O) groups excluding carboxylic acids is 2. The van der Waals surface area contributed by atoms with Crippen LogP contribution in [0.5, 0.6) is 0 Å². The lowest BCUT2D eigenvalue weighted by molar-refractivity contribution is -0.121. The van der Waals surface area contributed by atoms with Crippen molar-refractivity contribution in [1.82, 2.24) is 15.1 Å². The highest BCUT2D eigenvalue weighted by Gasteiger charge is 2.18. The van der Waals surface area contributed by atoms with Crippen LogP contribution in [0.4, 0.5) is 0 Å². The molecule has 2 amide bonds. The van der Waals surface area contributed by atoms with Crippen LogP contribution < -0.4 is 5.32 Å². The first kappa shape index (κ1) is 19.1. The second-order valence-corrected chi connectivity index (χ2v) is 7.28. The number of hydrogen-bond donors (Lipinski definition) is 1. The van der Waals surface area contributed by atoms with E-state index in [9.17, 15) is 9.59 Å². The number of likely N-dealkylation sites (N-methyl/N-ethyl adjacent to an activating group) is 2. The van der Waals surface area contributed by atoms with E-state index in [0.717, 1.165) is 5.56 Å². The van der Waals surface area contributed by atoms with Crippen molar-refractivity contribution >= 4 is 23.2 Å². The Morgan fingerprint density at radius 3 is 2.36 bits per heavy atom. The van der Waals surface area contributed by atoms with Gasteiger partial charge in [0.15, 0.2) is 0 Å². The minimum absolute atomic E-state index is 0.0464. The standard InChI is InChI=1S/C19H25N3O2S/c1-14-7-9-15(10-8-14)16(21(2)3)12-20-18(23)13-22(4)19(24)17-6-5-11-25-17/h5-11,16H,12-13H2,1-4H3,(H,20,23)/t16-/m0/s1. The van der Waals surface area contributed by atoms with Crippen molar-refractivity contribution in [3.8, 4) is 0 Å². The fraction of sp³-hybridized carbons (Fsp3) is 0.368. The summed E-state index contributed by atoms with van der Waals surface area (Å²) in [6.45, 7) is 2.59. The molecule has 0 aliphatic rings. The minimum Gasteiger partial charge on any atom is -0.353 e. The summed E-state index contributed by atoms with van der Waals surface area (Å²) >= 11 is 1.38. The number of aryl methyl sites for hydroxylation is 1. The van der Waals surface area contributed by atoms with E-state index in [1.807, 2.05) is 25.5 Å². The SMILES string of the molecule is Cc1ccc([C@H](CNC(=O)CN(C)C(=O)c2cccs2)N(C)C)cc1. The molecule has 1 heterocycles. The largest absolute Gasteiger partial charge is 0.353 e. The molecule has 0 unspecified atom stereocenters. The summed E-state index contributed by atoms with van der Waals surface area (Å²) in [5.74, 6) is -0.292. The van der Waals surface area contributed by atoms with E-state index < -0.39 is 0 Å². The average molecular weight is 359 g/mol. The summed E-state index contributed by atoms with van der Waals surface area (Å²) in [5.41, 5.74) is 2.36. The predicted molar refractivity (Wildman–Crippen MR) is 102 cm³/mol. The van der Waals surface area contributed by atoms with Gasteiger partial charge >= 0.3 is 0 Å². The molecule has 0 aliphatic heterocycles. The topological polar surface area (TPSA) is 52.7 Å². The zero-order valence-electron chi connectivity index (χ0n) is 15.2. The summed E-state index contributed by atoms with van der Waals surface area (Å²) < 4.78 is 0. The number of nitrogens with one attached hydrogen (secondary N) is 1. The molecule has 1 aromatic carbocycles. The van der Waals surface area contributed by atoms with Crippen LogP contribution in [0.25, 0.3) is 0 Å². The van der Waals surface area contributed by atoms with Crippen molar-refractivity contribution in [2.45, 2.75) is 13.0 Å². The van der Waals surface area contributed by atoms with Gasteiger partial charge < -0.3 is 15.1 Å². The first-order chi connectivity index (χ1) is 11.9. The molecule has 5 nitrogen and oxygen atoms in total. The second-order valence-electron chi connectivity index (χ2n) is 6.33. The van der Waals surface area contributed by atoms with E-state index in [1.54, 1.807) is 13.1 Å². The van der Waals surface area contributed by atoms with Crippen molar-refractivity contribution in [3.05, 3.63) is 57.8 Å². The Balaban J connectivity index is 1.90. The van der Waals surface area contributed by atoms with Gasteiger partial charge in [-0.2, -0.15) is 0 Å². The van der Waals surface area contributed by atoms with Crippen LogP contribution in [0, 0.1) is 6.92 Å². The molecule has 0 aliphatic carbocycles. The zero-order chi connectivity index (χ0) is 18.4. The molecule has 0 saturated heterocycles. The second kappa shape index (κ2) is 8.78. The molecule has 6 heteroatoms. The van der Waals surface area contributed by atoms with Crippen molar-refractivity contribution in [1.29, 1.82) is 0 Å². The van der Waals surface area contributed by atoms with Crippen LogP contribution >= 0.6 is 11.3 Å². The Hall–Kier alpha value is -2.18. The van der Waals surface area contributed by atoms with Gasteiger partial charge in [-0.1, -0.05) is 35.9 Å². The van der Waals surface area contributed by atoms with Gasteiger partial charge in [0.25, 0.3) is 5.91 Å². The smallest absolute Gasteiger partial charge is 0.264 e. The van der Waals surface area contributed by atoms with Crippen LogP contribution in [0.15, 0.2) is 41.8 Å². The normalized spacial score (nSPS) is 12.0. The Kier molecular flexibility index (Phi) is 6.73. The highest BCUT2D eigenvalue weighted by molar-refractivity contribution is 7.12. The van der Waals surface area contributed by atoms with E-state index in [-0.39, 0.29) is 24.4 Å². The summed E-state index contributed by atoms with van der Waals surface area (Å²) in [4.78, 5) is 28.6. The van der Waals surface area contributed by atoms with Crippen molar-refractivity contribution in [2.24, 2.45) is 0 Å². The van der Waals surface area contributed by atoms with Gasteiger partial charge in [0.1, 0.15) is 0 Å². The van der Waals surface area contributed by atoms with E-state index in [2.05, 4.69) is 41.4 Å². The maximum Gasteiger partial charge on any atom is 0.264 e. The number of carbonyl (C=O) groups is 2. The van der Waals surface area contributed by atoms with Gasteiger partial charge in [-0.15, -0.1) is 11.3 Å². The van der Waals surface area contributed by atoms with E-state index in [1.165, 1.54) is 21.8 Å². The van der Waals surface area contributed by atoms with Gasteiger partial charge in [-0.25, -0.2) is 0 Å². The maximum absolute atomic E-state index is 12.2. The fourth-order valence-electron chi connectivity index (χ4n) is 2.53. The summed E-state index contributed by atoms with van der Waals surface area (Å²) in [7, 11) is 5.62. The van der Waals surface area contributed by atoms with Gasteiger partial charge in [0, 0.05) is 13.6 Å². The summed E-state index contributed by atoms with van der Waals surface area (Å²) in [5, 5.41) is 4.79. The molecule has 0 fully saturated rings. The molecule has 0 radical (unpaired) electrons. The fourth-order valence-corrected chi connectivity index (χ4v) is 3.25. The van der Waals surface area contributed by atoms with Crippen LogP contribution in [0.3, 0.4) is 0 Å². The predicted octanol–water partition coefficient (Wildman–Crippen LogP) is 2.55. The molecule has 25 heavy (non-hydrogen) atoms. The third-order valence-corrected chi connectivity index (χ3v) is 4.90. The molecular weight excluding hydrogens is 334 g/mol. The number of benzene rings is 1. The molecular formula is C19H25N3O2S. The highest BCUT2D eigenvalue weighted by atomic mass is 32.1. The Bertz CT molecular complexity index is 696. The third kappa shape index (κ3) is 5.41. The van der Waals surface area contributed by atoms with Crippen molar-refractivity contribution < 1.29 is 9.59 Å². The summed E-state index contributed by atoms with van der Waals surface area (Å²) in [6.07, 6.45) is 0. The Morgan fingerprint density at radius 2 is 1.80 bits per heavy atom. The van der Waals surface area contributed by atoms with Gasteiger partial charge in [0.05, 0.1) is 17.5 Å². The quantitative estimate of drug-likeness (QED) is 0.827. The molecule has 2 rings (SSSR count). The molecule has 1 atom stereocenters.